The molecular formula is C22H39NaO9S. The molecule has 0 amide bonds. The SMILES string of the molecule is CCCCCCCCC=CCCCCCCCC(=O)O.O=C(O)CC(C(=O)[O-])S(=O)(=O)O.[Na+]. The Morgan fingerprint density at radius 3 is 1.55 bits per heavy atom. The summed E-state index contributed by atoms with van der Waals surface area (Å²) in [4.78, 5) is 30.2. The van der Waals surface area contributed by atoms with E-state index in [1.54, 1.807) is 0 Å². The van der Waals surface area contributed by atoms with Crippen LogP contribution in [0.2, 0.25) is 0 Å². The van der Waals surface area contributed by atoms with Gasteiger partial charge in [0.25, 0.3) is 10.1 Å². The zero-order chi connectivity index (χ0) is 24.8. The number of hydrogen-bond donors (Lipinski definition) is 3. The van der Waals surface area contributed by atoms with Gasteiger partial charge in [0.1, 0.15) is 5.25 Å². The van der Waals surface area contributed by atoms with Crippen molar-refractivity contribution in [2.75, 3.05) is 0 Å². The predicted molar refractivity (Wildman–Crippen MR) is 120 cm³/mol. The summed E-state index contributed by atoms with van der Waals surface area (Å²) in [7, 11) is -4.90. The van der Waals surface area contributed by atoms with Crippen molar-refractivity contribution in [3.63, 3.8) is 0 Å². The molecule has 3 N–H and O–H groups in total. The molecule has 9 nitrogen and oxygen atoms in total. The van der Waals surface area contributed by atoms with E-state index < -0.39 is 39.7 Å². The van der Waals surface area contributed by atoms with Crippen LogP contribution in [0.15, 0.2) is 12.2 Å². The second kappa shape index (κ2) is 24.2. The summed E-state index contributed by atoms with van der Waals surface area (Å²) >= 11 is 0. The van der Waals surface area contributed by atoms with Gasteiger partial charge in [0.2, 0.25) is 0 Å². The minimum absolute atomic E-state index is 0. The topological polar surface area (TPSA) is 169 Å². The fraction of sp³-hybridized carbons (Fsp3) is 0.773. The molecule has 0 aliphatic heterocycles. The molecule has 0 bridgehead atoms. The Kier molecular flexibility index (Phi) is 26.9. The normalized spacial score (nSPS) is 11.8. The van der Waals surface area contributed by atoms with E-state index in [9.17, 15) is 27.9 Å². The molecule has 11 heteroatoms. The summed E-state index contributed by atoms with van der Waals surface area (Å²) in [5.41, 5.74) is 0. The van der Waals surface area contributed by atoms with Crippen LogP contribution in [0.25, 0.3) is 0 Å². The van der Waals surface area contributed by atoms with E-state index in [4.69, 9.17) is 14.8 Å². The Morgan fingerprint density at radius 2 is 1.21 bits per heavy atom. The fourth-order valence-electron chi connectivity index (χ4n) is 2.82. The van der Waals surface area contributed by atoms with E-state index in [2.05, 4.69) is 19.1 Å². The van der Waals surface area contributed by atoms with E-state index in [1.165, 1.54) is 70.6 Å². The minimum Gasteiger partial charge on any atom is -0.549 e. The molecule has 188 valence electrons. The smallest absolute Gasteiger partial charge is 0.549 e. The molecule has 0 spiro atoms. The molecule has 0 fully saturated rings. The van der Waals surface area contributed by atoms with Gasteiger partial charge in [-0.3, -0.25) is 14.1 Å². The number of carboxylic acids is 3. The average molecular weight is 503 g/mol. The van der Waals surface area contributed by atoms with E-state index in [0.29, 0.717) is 6.42 Å². The summed E-state index contributed by atoms with van der Waals surface area (Å²) in [6, 6.07) is 0. The first kappa shape index (κ1) is 36.6. The molecule has 0 saturated carbocycles. The van der Waals surface area contributed by atoms with E-state index in [0.717, 1.165) is 12.8 Å². The monoisotopic (exact) mass is 502 g/mol. The summed E-state index contributed by atoms with van der Waals surface area (Å²) in [6.07, 6.45) is 20.0. The molecular weight excluding hydrogens is 463 g/mol. The Balaban J connectivity index is -0.000000596. The Bertz CT molecular complexity index is 648. The number of carboxylic acid groups (broad SMARTS) is 3. The molecule has 0 aliphatic carbocycles. The minimum atomic E-state index is -4.90. The molecule has 33 heavy (non-hydrogen) atoms. The Labute approximate surface area is 220 Å². The number of unbranched alkanes of at least 4 members (excludes halogenated alkanes) is 11. The van der Waals surface area contributed by atoms with Crippen molar-refractivity contribution in [3.05, 3.63) is 12.2 Å². The molecule has 0 aromatic carbocycles. The van der Waals surface area contributed by atoms with Gasteiger partial charge in [-0.1, -0.05) is 70.4 Å². The molecule has 0 aliphatic rings. The summed E-state index contributed by atoms with van der Waals surface area (Å²) in [5.74, 6) is -4.45. The van der Waals surface area contributed by atoms with Crippen LogP contribution in [0, 0.1) is 0 Å². The van der Waals surface area contributed by atoms with Crippen LogP contribution >= 0.6 is 0 Å². The van der Waals surface area contributed by atoms with Crippen molar-refractivity contribution in [2.45, 2.75) is 108 Å². The molecule has 0 saturated heterocycles. The van der Waals surface area contributed by atoms with Gasteiger partial charge in [0.15, 0.2) is 0 Å². The van der Waals surface area contributed by atoms with Crippen LogP contribution in [0.1, 0.15) is 103 Å². The molecule has 0 radical (unpaired) electrons. The van der Waals surface area contributed by atoms with Crippen molar-refractivity contribution >= 4 is 28.0 Å². The third kappa shape index (κ3) is 29.0. The van der Waals surface area contributed by atoms with Crippen molar-refractivity contribution < 1.29 is 72.2 Å². The molecule has 1 unspecified atom stereocenters. The first-order chi connectivity index (χ1) is 15.0. The molecule has 0 aromatic heterocycles. The van der Waals surface area contributed by atoms with Gasteiger partial charge in [0, 0.05) is 6.42 Å². The quantitative estimate of drug-likeness (QED) is 0.0989. The van der Waals surface area contributed by atoms with Crippen LogP contribution in [0.3, 0.4) is 0 Å². The van der Waals surface area contributed by atoms with Gasteiger partial charge >= 0.3 is 41.5 Å². The summed E-state index contributed by atoms with van der Waals surface area (Å²) < 4.78 is 28.5. The van der Waals surface area contributed by atoms with Gasteiger partial charge in [-0.25, -0.2) is 0 Å². The number of rotatable bonds is 19. The maximum Gasteiger partial charge on any atom is 1.00 e. The van der Waals surface area contributed by atoms with Gasteiger partial charge in [-0.05, 0) is 32.1 Å². The van der Waals surface area contributed by atoms with Crippen LogP contribution in [-0.2, 0) is 24.5 Å². The average Bonchev–Trinajstić information content (AvgIpc) is 2.68. The number of aliphatic carboxylic acids is 3. The zero-order valence-electron chi connectivity index (χ0n) is 20.0. The van der Waals surface area contributed by atoms with E-state index in [-0.39, 0.29) is 29.6 Å². The standard InChI is InChI=1S/C18H34O2.C4H6O7S.Na/c1-2-3-4-5-6-7-8-9-10-11-12-13-14-15-16-17-18(19)20;5-3(6)1-2(4(7)8)12(9,10)11;/h9-10H,2-8,11-17H2,1H3,(H,19,20);2H,1H2,(H,5,6)(H,7,8)(H,9,10,11);/q;;+1/p-1. The second-order valence-corrected chi connectivity index (χ2v) is 9.25. The number of hydrogen-bond acceptors (Lipinski definition) is 6. The number of carbonyl (C=O) groups excluding carboxylic acids is 1. The van der Waals surface area contributed by atoms with Crippen molar-refractivity contribution in [1.82, 2.24) is 0 Å². The summed E-state index contributed by atoms with van der Waals surface area (Å²) in [6.45, 7) is 2.26. The molecule has 0 rings (SSSR count). The van der Waals surface area contributed by atoms with Gasteiger partial charge in [-0.2, -0.15) is 8.42 Å². The second-order valence-electron chi connectivity index (χ2n) is 7.65. The molecule has 0 heterocycles. The van der Waals surface area contributed by atoms with E-state index >= 15 is 0 Å². The van der Waals surface area contributed by atoms with Gasteiger partial charge in [0.05, 0.1) is 12.4 Å². The van der Waals surface area contributed by atoms with Crippen LogP contribution < -0.4 is 34.7 Å². The van der Waals surface area contributed by atoms with Crippen LogP contribution in [0.5, 0.6) is 0 Å². The largest absolute Gasteiger partial charge is 1.00 e. The maximum atomic E-state index is 10.3. The third-order valence-corrected chi connectivity index (χ3v) is 5.71. The van der Waals surface area contributed by atoms with Gasteiger partial charge < -0.3 is 20.1 Å². The fourth-order valence-corrected chi connectivity index (χ4v) is 3.41. The van der Waals surface area contributed by atoms with Crippen LogP contribution in [0.4, 0.5) is 0 Å². The zero-order valence-corrected chi connectivity index (χ0v) is 22.9. The first-order valence-electron chi connectivity index (χ1n) is 11.3. The van der Waals surface area contributed by atoms with E-state index in [1.807, 2.05) is 0 Å². The van der Waals surface area contributed by atoms with Crippen molar-refractivity contribution in [3.8, 4) is 0 Å². The first-order valence-corrected chi connectivity index (χ1v) is 12.8. The van der Waals surface area contributed by atoms with Crippen LogP contribution in [-0.4, -0.2) is 46.3 Å². The maximum absolute atomic E-state index is 10.3. The Hall–Kier alpha value is -0.940. The third-order valence-electron chi connectivity index (χ3n) is 4.63. The molecule has 0 aromatic rings. The molecule has 1 atom stereocenters. The number of carbonyl (C=O) groups is 3. The Morgan fingerprint density at radius 1 is 0.788 bits per heavy atom. The van der Waals surface area contributed by atoms with Gasteiger partial charge in [-0.15, -0.1) is 0 Å². The number of allylic oxidation sites excluding steroid dienone is 2. The predicted octanol–water partition coefficient (Wildman–Crippen LogP) is 0.580. The summed E-state index contributed by atoms with van der Waals surface area (Å²) in [5, 5.41) is 24.1. The van der Waals surface area contributed by atoms with Crippen molar-refractivity contribution in [1.29, 1.82) is 0 Å². The van der Waals surface area contributed by atoms with Crippen molar-refractivity contribution in [2.24, 2.45) is 0 Å².